The fraction of sp³-hybridized carbons (Fsp3) is 0.240. The average molecular weight is 434 g/mol. The monoisotopic (exact) mass is 433 g/mol. The number of ether oxygens (including phenoxy) is 3. The lowest BCUT2D eigenvalue weighted by Gasteiger charge is -2.37. The second kappa shape index (κ2) is 9.09. The molecule has 4 rings (SSSR count). The van der Waals surface area contributed by atoms with Crippen molar-refractivity contribution in [3.63, 3.8) is 0 Å². The minimum atomic E-state index is -0.332. The van der Waals surface area contributed by atoms with Crippen molar-refractivity contribution >= 4 is 23.0 Å². The molecular formula is C25H27N3O4. The molecule has 1 aliphatic rings. The van der Waals surface area contributed by atoms with Crippen LogP contribution >= 0.6 is 0 Å². The van der Waals surface area contributed by atoms with Gasteiger partial charge in [-0.25, -0.2) is 0 Å². The number of anilines is 3. The van der Waals surface area contributed by atoms with Crippen molar-refractivity contribution in [3.05, 3.63) is 72.3 Å². The summed E-state index contributed by atoms with van der Waals surface area (Å²) in [6.07, 6.45) is 0. The molecule has 0 saturated heterocycles. The van der Waals surface area contributed by atoms with Gasteiger partial charge in [0, 0.05) is 29.5 Å². The van der Waals surface area contributed by atoms with Crippen LogP contribution in [-0.2, 0) is 0 Å². The zero-order chi connectivity index (χ0) is 22.6. The van der Waals surface area contributed by atoms with Crippen molar-refractivity contribution in [1.29, 1.82) is 0 Å². The molecule has 1 unspecified atom stereocenters. The minimum absolute atomic E-state index is 0.225. The van der Waals surface area contributed by atoms with Crippen LogP contribution in [0, 0.1) is 0 Å². The maximum Gasteiger partial charge on any atom is 0.255 e. The maximum atomic E-state index is 12.9. The average Bonchev–Trinajstić information content (AvgIpc) is 2.83. The molecule has 3 aromatic carbocycles. The minimum Gasteiger partial charge on any atom is -0.493 e. The molecule has 3 aromatic rings. The van der Waals surface area contributed by atoms with E-state index in [1.807, 2.05) is 42.5 Å². The molecule has 0 bridgehead atoms. The van der Waals surface area contributed by atoms with Gasteiger partial charge in [-0.2, -0.15) is 0 Å². The third kappa shape index (κ3) is 4.72. The Kier molecular flexibility index (Phi) is 6.07. The summed E-state index contributed by atoms with van der Waals surface area (Å²) in [6.45, 7) is 3.26. The normalized spacial score (nSPS) is 16.7. The van der Waals surface area contributed by atoms with Crippen molar-refractivity contribution < 1.29 is 19.0 Å². The Bertz CT molecular complexity index is 1100. The van der Waals surface area contributed by atoms with Gasteiger partial charge < -0.3 is 30.2 Å². The lowest BCUT2D eigenvalue weighted by atomic mass is 10.00. The molecule has 0 spiro atoms. The number of hydrogen-bond donors (Lipinski definition) is 3. The molecular weight excluding hydrogens is 406 g/mol. The van der Waals surface area contributed by atoms with Gasteiger partial charge in [-0.1, -0.05) is 18.2 Å². The van der Waals surface area contributed by atoms with E-state index in [1.54, 1.807) is 38.5 Å². The van der Waals surface area contributed by atoms with Crippen molar-refractivity contribution in [2.75, 3.05) is 43.3 Å². The molecule has 3 N–H and O–H groups in total. The number of fused-ring (bicyclic) bond motifs is 1. The Morgan fingerprint density at radius 1 is 1.00 bits per heavy atom. The Morgan fingerprint density at radius 2 is 1.78 bits per heavy atom. The molecule has 32 heavy (non-hydrogen) atoms. The molecule has 7 heteroatoms. The highest BCUT2D eigenvalue weighted by atomic mass is 16.5. The van der Waals surface area contributed by atoms with Crippen LogP contribution in [0.25, 0.3) is 0 Å². The van der Waals surface area contributed by atoms with Crippen LogP contribution in [-0.4, -0.2) is 38.8 Å². The Morgan fingerprint density at radius 3 is 2.53 bits per heavy atom. The van der Waals surface area contributed by atoms with Crippen LogP contribution in [0.5, 0.6) is 17.2 Å². The molecule has 0 fully saturated rings. The summed E-state index contributed by atoms with van der Waals surface area (Å²) in [5.41, 5.74) is 2.64. The first-order valence-electron chi connectivity index (χ1n) is 10.4. The highest BCUT2D eigenvalue weighted by molar-refractivity contribution is 6.05. The summed E-state index contributed by atoms with van der Waals surface area (Å²) in [6, 6.07) is 20.6. The molecule has 0 radical (unpaired) electrons. The summed E-state index contributed by atoms with van der Waals surface area (Å²) >= 11 is 0. The zero-order valence-electron chi connectivity index (χ0n) is 18.4. The molecule has 166 valence electrons. The van der Waals surface area contributed by atoms with Crippen LogP contribution < -0.4 is 30.2 Å². The molecule has 0 aliphatic carbocycles. The number of rotatable bonds is 7. The smallest absolute Gasteiger partial charge is 0.255 e. The van der Waals surface area contributed by atoms with Crippen LogP contribution in [0.3, 0.4) is 0 Å². The summed E-state index contributed by atoms with van der Waals surface area (Å²) in [5.74, 6) is 1.65. The van der Waals surface area contributed by atoms with E-state index in [0.29, 0.717) is 35.9 Å². The van der Waals surface area contributed by atoms with Crippen molar-refractivity contribution in [2.45, 2.75) is 12.5 Å². The maximum absolute atomic E-state index is 12.9. The lowest BCUT2D eigenvalue weighted by Crippen LogP contribution is -2.49. The lowest BCUT2D eigenvalue weighted by molar-refractivity contribution is 0.102. The first-order chi connectivity index (χ1) is 15.5. The summed E-state index contributed by atoms with van der Waals surface area (Å²) in [7, 11) is 3.13. The number of nitrogens with one attached hydrogen (secondary N) is 3. The van der Waals surface area contributed by atoms with E-state index in [2.05, 4.69) is 22.9 Å². The second-order valence-electron chi connectivity index (χ2n) is 7.93. The largest absolute Gasteiger partial charge is 0.493 e. The van der Waals surface area contributed by atoms with E-state index in [4.69, 9.17) is 14.2 Å². The number of amides is 1. The molecule has 1 atom stereocenters. The van der Waals surface area contributed by atoms with Gasteiger partial charge in [0.1, 0.15) is 12.4 Å². The van der Waals surface area contributed by atoms with E-state index >= 15 is 0 Å². The van der Waals surface area contributed by atoms with Gasteiger partial charge in [0.05, 0.1) is 25.4 Å². The van der Waals surface area contributed by atoms with E-state index in [0.717, 1.165) is 17.1 Å². The number of hydrogen-bond acceptors (Lipinski definition) is 6. The van der Waals surface area contributed by atoms with Crippen LogP contribution in [0.4, 0.5) is 17.1 Å². The molecule has 1 aliphatic heterocycles. The predicted molar refractivity (Wildman–Crippen MR) is 126 cm³/mol. The fourth-order valence-corrected chi connectivity index (χ4v) is 3.56. The van der Waals surface area contributed by atoms with E-state index in [9.17, 15) is 4.79 Å². The fourth-order valence-electron chi connectivity index (χ4n) is 3.56. The van der Waals surface area contributed by atoms with Gasteiger partial charge in [-0.05, 0) is 49.4 Å². The van der Waals surface area contributed by atoms with Gasteiger partial charge in [0.15, 0.2) is 11.5 Å². The Balaban J connectivity index is 1.46. The predicted octanol–water partition coefficient (Wildman–Crippen LogP) is 4.63. The van der Waals surface area contributed by atoms with E-state index < -0.39 is 0 Å². The highest BCUT2D eigenvalue weighted by Crippen LogP contribution is 2.34. The number of benzene rings is 3. The quantitative estimate of drug-likeness (QED) is 0.504. The van der Waals surface area contributed by atoms with Gasteiger partial charge >= 0.3 is 0 Å². The van der Waals surface area contributed by atoms with Gasteiger partial charge in [0.25, 0.3) is 5.91 Å². The molecule has 7 nitrogen and oxygen atoms in total. The molecule has 1 amide bonds. The topological polar surface area (TPSA) is 80.9 Å². The number of methoxy groups -OCH3 is 2. The number of carbonyl (C=O) groups excluding carboxylic acids is 1. The third-order valence-electron chi connectivity index (χ3n) is 5.32. The SMILES string of the molecule is COc1ccc(NC(=O)c2ccc3c(c2)NC(C)(CNc2ccccc2)CO3)cc1OC. The van der Waals surface area contributed by atoms with E-state index in [-0.39, 0.29) is 11.4 Å². The van der Waals surface area contributed by atoms with Gasteiger partial charge in [-0.15, -0.1) is 0 Å². The number of para-hydroxylation sites is 1. The van der Waals surface area contributed by atoms with E-state index in [1.165, 1.54) is 0 Å². The number of carbonyl (C=O) groups is 1. The summed E-state index contributed by atoms with van der Waals surface area (Å²) in [5, 5.41) is 9.87. The zero-order valence-corrected chi connectivity index (χ0v) is 18.4. The summed E-state index contributed by atoms with van der Waals surface area (Å²) < 4.78 is 16.5. The van der Waals surface area contributed by atoms with Gasteiger partial charge in [0.2, 0.25) is 0 Å². The first-order valence-corrected chi connectivity index (χ1v) is 10.4. The van der Waals surface area contributed by atoms with Crippen molar-refractivity contribution in [2.24, 2.45) is 0 Å². The van der Waals surface area contributed by atoms with Crippen molar-refractivity contribution in [3.8, 4) is 17.2 Å². The first kappa shape index (κ1) is 21.4. The molecule has 0 aromatic heterocycles. The molecule has 1 heterocycles. The molecule has 0 saturated carbocycles. The standard InChI is InChI=1S/C25H27N3O4/c1-25(15-26-18-7-5-4-6-8-18)16-32-21-11-9-17(13-20(21)28-25)24(29)27-19-10-12-22(30-2)23(14-19)31-3/h4-14,26,28H,15-16H2,1-3H3,(H,27,29). The Labute approximate surface area is 187 Å². The third-order valence-corrected chi connectivity index (χ3v) is 5.32. The summed E-state index contributed by atoms with van der Waals surface area (Å²) in [4.78, 5) is 12.9. The van der Waals surface area contributed by atoms with Crippen LogP contribution in [0.15, 0.2) is 66.7 Å². The highest BCUT2D eigenvalue weighted by Gasteiger charge is 2.31. The second-order valence-corrected chi connectivity index (χ2v) is 7.93. The van der Waals surface area contributed by atoms with Crippen LogP contribution in [0.2, 0.25) is 0 Å². The van der Waals surface area contributed by atoms with Crippen LogP contribution in [0.1, 0.15) is 17.3 Å². The van der Waals surface area contributed by atoms with Crippen molar-refractivity contribution in [1.82, 2.24) is 0 Å². The Hall–Kier alpha value is -3.87. The van der Waals surface area contributed by atoms with Gasteiger partial charge in [-0.3, -0.25) is 4.79 Å².